The Kier molecular flexibility index (Phi) is 49.5. The van der Waals surface area contributed by atoms with Gasteiger partial charge in [-0.1, -0.05) is 259 Å². The van der Waals surface area contributed by atoms with Gasteiger partial charge in [0, 0.05) is 6.42 Å². The van der Waals surface area contributed by atoms with E-state index >= 15 is 0 Å². The molecule has 0 saturated carbocycles. The smallest absolute Gasteiger partial charge is 0.220 e. The Balaban J connectivity index is 2.12. The summed E-state index contributed by atoms with van der Waals surface area (Å²) in [5, 5.41) is 54.5. The normalized spacial score (nSPS) is 19.7. The minimum absolute atomic E-state index is 0.186. The summed E-state index contributed by atoms with van der Waals surface area (Å²) in [6, 6.07) is -0.824. The highest BCUT2D eigenvalue weighted by Gasteiger charge is 2.44. The molecule has 0 bridgehead atoms. The molecule has 1 amide bonds. The summed E-state index contributed by atoms with van der Waals surface area (Å²) >= 11 is 0. The Hall–Kier alpha value is -2.63. The number of aliphatic hydroxyl groups excluding tert-OH is 5. The first-order chi connectivity index (χ1) is 35.8. The van der Waals surface area contributed by atoms with Gasteiger partial charge in [0.15, 0.2) is 6.29 Å². The van der Waals surface area contributed by atoms with E-state index in [0.717, 1.165) is 70.6 Å². The van der Waals surface area contributed by atoms with Crippen molar-refractivity contribution in [1.29, 1.82) is 0 Å². The third-order valence-corrected chi connectivity index (χ3v) is 14.0. The molecule has 73 heavy (non-hydrogen) atoms. The predicted molar refractivity (Wildman–Crippen MR) is 308 cm³/mol. The first-order valence-electron chi connectivity index (χ1n) is 30.3. The number of hydrogen-bond acceptors (Lipinski definition) is 8. The zero-order valence-electron chi connectivity index (χ0n) is 46.9. The minimum atomic E-state index is -1.57. The van der Waals surface area contributed by atoms with Crippen LogP contribution in [0.15, 0.2) is 85.1 Å². The quantitative estimate of drug-likeness (QED) is 0.0261. The number of nitrogens with one attached hydrogen (secondary N) is 1. The summed E-state index contributed by atoms with van der Waals surface area (Å²) in [6.45, 7) is 3.65. The van der Waals surface area contributed by atoms with E-state index in [2.05, 4.69) is 92.1 Å². The van der Waals surface area contributed by atoms with E-state index in [1.807, 2.05) is 6.08 Å². The molecule has 0 aromatic heterocycles. The van der Waals surface area contributed by atoms with Crippen LogP contribution < -0.4 is 5.32 Å². The fourth-order valence-electron chi connectivity index (χ4n) is 9.20. The molecule has 0 aromatic rings. The van der Waals surface area contributed by atoms with Crippen LogP contribution in [0.1, 0.15) is 258 Å². The molecule has 9 nitrogen and oxygen atoms in total. The molecule has 9 heteroatoms. The van der Waals surface area contributed by atoms with E-state index in [-0.39, 0.29) is 12.5 Å². The van der Waals surface area contributed by atoms with E-state index in [4.69, 9.17) is 9.47 Å². The van der Waals surface area contributed by atoms with Crippen molar-refractivity contribution in [2.24, 2.45) is 0 Å². The molecule has 0 spiro atoms. The Labute approximate surface area is 448 Å². The van der Waals surface area contributed by atoms with E-state index in [1.54, 1.807) is 6.08 Å². The minimum Gasteiger partial charge on any atom is -0.394 e. The van der Waals surface area contributed by atoms with Crippen molar-refractivity contribution in [1.82, 2.24) is 5.32 Å². The van der Waals surface area contributed by atoms with Gasteiger partial charge in [0.05, 0.1) is 25.4 Å². The number of hydrogen-bond donors (Lipinski definition) is 6. The number of ether oxygens (including phenoxy) is 2. The zero-order chi connectivity index (χ0) is 52.9. The molecule has 7 unspecified atom stereocenters. The number of rotatable bonds is 51. The maximum absolute atomic E-state index is 13.1. The van der Waals surface area contributed by atoms with Gasteiger partial charge in [-0.05, 0) is 77.0 Å². The third kappa shape index (κ3) is 42.2. The van der Waals surface area contributed by atoms with E-state index in [1.165, 1.54) is 167 Å². The summed E-state index contributed by atoms with van der Waals surface area (Å²) in [4.78, 5) is 13.1. The predicted octanol–water partition coefficient (Wildman–Crippen LogP) is 15.4. The van der Waals surface area contributed by atoms with Crippen LogP contribution in [0, 0.1) is 0 Å². The summed E-state index contributed by atoms with van der Waals surface area (Å²) < 4.78 is 11.3. The van der Waals surface area contributed by atoms with Gasteiger partial charge in [-0.25, -0.2) is 0 Å². The van der Waals surface area contributed by atoms with Crippen LogP contribution >= 0.6 is 0 Å². The first kappa shape index (κ1) is 68.4. The maximum Gasteiger partial charge on any atom is 0.220 e. The number of amides is 1. The summed E-state index contributed by atoms with van der Waals surface area (Å²) in [5.41, 5.74) is 0. The van der Waals surface area contributed by atoms with Crippen LogP contribution in [0.2, 0.25) is 0 Å². The van der Waals surface area contributed by atoms with Crippen molar-refractivity contribution in [2.75, 3.05) is 13.2 Å². The second-order valence-electron chi connectivity index (χ2n) is 20.8. The van der Waals surface area contributed by atoms with Crippen LogP contribution in [0.3, 0.4) is 0 Å². The van der Waals surface area contributed by atoms with Gasteiger partial charge >= 0.3 is 0 Å². The molecule has 1 saturated heterocycles. The standard InChI is InChI=1S/C64H113NO8/c1-3-5-7-9-11-13-15-17-19-20-21-22-23-24-25-26-27-28-29-30-31-32-33-34-35-36-37-38-40-42-44-46-48-50-52-54-60(68)65-57(56-72-64-63(71)62(70)61(69)59(55-66)73-64)58(67)53-51-49-47-45-43-41-39-18-16-14-12-10-8-6-4-2/h5,7,11,13,17,19,21-22,24-25,43,45,51,53,57-59,61-64,66-67,69-71H,3-4,6,8-10,12,14-16,18,20,23,26-42,44,46-50,52,54-56H2,1-2H3,(H,65,68)/b7-5-,13-11-,19-17-,22-21-,25-24-,45-43+,53-51+. The van der Waals surface area contributed by atoms with E-state index in [9.17, 15) is 30.3 Å². The van der Waals surface area contributed by atoms with Gasteiger partial charge in [0.1, 0.15) is 24.4 Å². The zero-order valence-corrected chi connectivity index (χ0v) is 46.9. The largest absolute Gasteiger partial charge is 0.394 e. The lowest BCUT2D eigenvalue weighted by Gasteiger charge is -2.40. The van der Waals surface area contributed by atoms with Crippen LogP contribution in [0.25, 0.3) is 0 Å². The lowest BCUT2D eigenvalue weighted by atomic mass is 9.99. The molecule has 6 N–H and O–H groups in total. The Morgan fingerprint density at radius 2 is 0.863 bits per heavy atom. The Bertz CT molecular complexity index is 1420. The number of aliphatic hydroxyl groups is 5. The number of unbranched alkanes of at least 4 members (excludes halogenated alkanes) is 29. The van der Waals surface area contributed by atoms with Crippen molar-refractivity contribution >= 4 is 5.91 Å². The van der Waals surface area contributed by atoms with Gasteiger partial charge < -0.3 is 40.3 Å². The molecule has 0 aliphatic carbocycles. The number of allylic oxidation sites excluding steroid dienone is 13. The average Bonchev–Trinajstić information content (AvgIpc) is 3.39. The highest BCUT2D eigenvalue weighted by Crippen LogP contribution is 2.23. The van der Waals surface area contributed by atoms with Crippen molar-refractivity contribution in [3.63, 3.8) is 0 Å². The first-order valence-corrected chi connectivity index (χ1v) is 30.3. The molecule has 1 fully saturated rings. The molecular formula is C64H113NO8. The molecule has 1 heterocycles. The highest BCUT2D eigenvalue weighted by molar-refractivity contribution is 5.76. The highest BCUT2D eigenvalue weighted by atomic mass is 16.7. The number of carbonyl (C=O) groups excluding carboxylic acids is 1. The van der Waals surface area contributed by atoms with Crippen molar-refractivity contribution < 1.29 is 39.8 Å². The van der Waals surface area contributed by atoms with Gasteiger partial charge in [0.2, 0.25) is 5.91 Å². The number of carbonyl (C=O) groups is 1. The van der Waals surface area contributed by atoms with Gasteiger partial charge in [-0.2, -0.15) is 0 Å². The lowest BCUT2D eigenvalue weighted by molar-refractivity contribution is -0.302. The fraction of sp³-hybridized carbons (Fsp3) is 0.766. The SMILES string of the molecule is CC/C=C\C/C=C\C/C=C\C/C=C\C/C=C\CCCCCCCCCCCCCCCCCCCCCC(=O)NC(COC1OC(CO)C(O)C(O)C1O)C(O)/C=C/CC/C=C/CCCCCCCCCCC. The van der Waals surface area contributed by atoms with Gasteiger partial charge in [-0.3, -0.25) is 4.79 Å². The molecule has 1 aliphatic rings. The van der Waals surface area contributed by atoms with Crippen LogP contribution in [-0.4, -0.2) is 87.5 Å². The van der Waals surface area contributed by atoms with Crippen LogP contribution in [0.5, 0.6) is 0 Å². The van der Waals surface area contributed by atoms with E-state index < -0.39 is 49.5 Å². The summed E-state index contributed by atoms with van der Waals surface area (Å²) in [5.74, 6) is -0.186. The van der Waals surface area contributed by atoms with Crippen LogP contribution in [0.4, 0.5) is 0 Å². The topological polar surface area (TPSA) is 149 Å². The Morgan fingerprint density at radius 3 is 1.32 bits per heavy atom. The van der Waals surface area contributed by atoms with Crippen molar-refractivity contribution in [3.05, 3.63) is 85.1 Å². The molecule has 7 atom stereocenters. The molecule has 0 radical (unpaired) electrons. The molecule has 1 aliphatic heterocycles. The molecule has 0 aromatic carbocycles. The average molecular weight is 1020 g/mol. The lowest BCUT2D eigenvalue weighted by Crippen LogP contribution is -2.60. The third-order valence-electron chi connectivity index (χ3n) is 14.0. The van der Waals surface area contributed by atoms with Gasteiger partial charge in [-0.15, -0.1) is 0 Å². The summed E-state index contributed by atoms with van der Waals surface area (Å²) in [6.07, 6.45) is 68.1. The van der Waals surface area contributed by atoms with Crippen LogP contribution in [-0.2, 0) is 14.3 Å². The van der Waals surface area contributed by atoms with Gasteiger partial charge in [0.25, 0.3) is 0 Å². The Morgan fingerprint density at radius 1 is 0.479 bits per heavy atom. The monoisotopic (exact) mass is 1020 g/mol. The second-order valence-corrected chi connectivity index (χ2v) is 20.8. The molecular weight excluding hydrogens is 911 g/mol. The van der Waals surface area contributed by atoms with Crippen molar-refractivity contribution in [3.8, 4) is 0 Å². The fourth-order valence-corrected chi connectivity index (χ4v) is 9.20. The van der Waals surface area contributed by atoms with E-state index in [0.29, 0.717) is 6.42 Å². The molecule has 1 rings (SSSR count). The van der Waals surface area contributed by atoms with Crippen molar-refractivity contribution in [2.45, 2.75) is 301 Å². The maximum atomic E-state index is 13.1. The second kappa shape index (κ2) is 52.8. The molecule has 422 valence electrons. The summed E-state index contributed by atoms with van der Waals surface area (Å²) in [7, 11) is 0.